The van der Waals surface area contributed by atoms with E-state index in [9.17, 15) is 33.7 Å². The first-order valence-corrected chi connectivity index (χ1v) is 13.4. The Hall–Kier alpha value is -0.655. The molecule has 0 aromatic heterocycles. The van der Waals surface area contributed by atoms with Gasteiger partial charge in [0.25, 0.3) is 0 Å². The molecule has 1 heterocycles. The van der Waals surface area contributed by atoms with Crippen molar-refractivity contribution in [2.45, 2.75) is 5.15 Å². The van der Waals surface area contributed by atoms with Gasteiger partial charge in [-0.1, -0.05) is 6.08 Å². The highest BCUT2D eigenvalue weighted by Crippen LogP contribution is 2.30. The molecule has 1 atom stereocenters. The smallest absolute Gasteiger partial charge is 0.241 e. The second kappa shape index (κ2) is 5.46. The Balaban J connectivity index is 3.92. The lowest BCUT2D eigenvalue weighted by atomic mass is 9.68. The lowest BCUT2D eigenvalue weighted by molar-refractivity contribution is 0.599. The Morgan fingerprint density at radius 3 is 1.55 bits per heavy atom. The Labute approximate surface area is 130 Å². The molecule has 0 aromatic carbocycles. The largest absolute Gasteiger partial charge is 0.357 e. The molecule has 0 radical (unpaired) electrons. The molecule has 0 aliphatic carbocycles. The quantitative estimate of drug-likeness (QED) is 0.523. The first-order valence-electron chi connectivity index (χ1n) is 5.67. The molecule has 22 heavy (non-hydrogen) atoms. The number of hydrogen-bond donors (Lipinski definition) is 0. The van der Waals surface area contributed by atoms with Crippen molar-refractivity contribution in [2.24, 2.45) is 0 Å². The summed E-state index contributed by atoms with van der Waals surface area (Å²) in [6.07, 6.45) is 4.37. The third-order valence-corrected chi connectivity index (χ3v) is 8.53. The molecular weight excluding hydrogens is 375 g/mol. The molecule has 0 bridgehead atoms. The maximum atomic E-state index is 11.9. The van der Waals surface area contributed by atoms with Crippen molar-refractivity contribution in [3.8, 4) is 0 Å². The third-order valence-electron chi connectivity index (χ3n) is 3.00. The van der Waals surface area contributed by atoms with Gasteiger partial charge in [0.05, 0.1) is 10.1 Å². The summed E-state index contributed by atoms with van der Waals surface area (Å²) in [5.41, 5.74) is 0. The lowest BCUT2D eigenvalue weighted by Gasteiger charge is -2.24. The minimum atomic E-state index is -4.13. The van der Waals surface area contributed by atoms with Crippen LogP contribution in [0.4, 0.5) is 0 Å². The molecular formula is C9H15BO8S4. The Morgan fingerprint density at radius 2 is 1.27 bits per heavy atom. The summed E-state index contributed by atoms with van der Waals surface area (Å²) < 4.78 is 94.5. The van der Waals surface area contributed by atoms with E-state index in [1.54, 1.807) is 0 Å². The second-order valence-electron chi connectivity index (χ2n) is 5.20. The Morgan fingerprint density at radius 1 is 0.818 bits per heavy atom. The van der Waals surface area contributed by atoms with Crippen LogP contribution >= 0.6 is 0 Å². The van der Waals surface area contributed by atoms with E-state index < -0.39 is 60.1 Å². The minimum absolute atomic E-state index is 0.539. The van der Waals surface area contributed by atoms with Gasteiger partial charge in [-0.15, -0.1) is 0 Å². The van der Waals surface area contributed by atoms with E-state index in [0.29, 0.717) is 18.6 Å². The summed E-state index contributed by atoms with van der Waals surface area (Å²) in [5.74, 6) is -1.87. The van der Waals surface area contributed by atoms with E-state index in [0.717, 1.165) is 18.6 Å². The van der Waals surface area contributed by atoms with Crippen molar-refractivity contribution < 1.29 is 33.7 Å². The Bertz CT molecular complexity index is 964. The maximum Gasteiger partial charge on any atom is 0.357 e. The number of hydrogen-bond acceptors (Lipinski definition) is 8. The second-order valence-corrected chi connectivity index (χ2v) is 13.6. The monoisotopic (exact) mass is 390 g/mol. The lowest BCUT2D eigenvalue weighted by Crippen LogP contribution is -2.47. The topological polar surface area (TPSA) is 137 Å². The molecule has 13 heteroatoms. The number of allylic oxidation sites excluding steroid dienone is 1. The van der Waals surface area contributed by atoms with Crippen molar-refractivity contribution in [1.29, 1.82) is 0 Å². The van der Waals surface area contributed by atoms with Crippen molar-refractivity contribution in [1.82, 2.24) is 0 Å². The van der Waals surface area contributed by atoms with E-state index in [1.165, 1.54) is 0 Å². The van der Waals surface area contributed by atoms with Crippen LogP contribution in [0.15, 0.2) is 21.9 Å². The Kier molecular flexibility index (Phi) is 4.81. The van der Waals surface area contributed by atoms with Crippen LogP contribution in [0.2, 0.25) is 0 Å². The van der Waals surface area contributed by atoms with Crippen LogP contribution in [-0.2, 0) is 39.2 Å². The highest BCUT2D eigenvalue weighted by Gasteiger charge is 2.49. The molecule has 0 aromatic rings. The van der Waals surface area contributed by atoms with Crippen LogP contribution in [0.3, 0.4) is 0 Å². The van der Waals surface area contributed by atoms with Gasteiger partial charge in [0.2, 0.25) is 0 Å². The van der Waals surface area contributed by atoms with E-state index in [4.69, 9.17) is 0 Å². The molecule has 1 aliphatic heterocycles. The van der Waals surface area contributed by atoms with Crippen LogP contribution in [0.5, 0.6) is 0 Å². The van der Waals surface area contributed by atoms with Gasteiger partial charge in [0, 0.05) is 29.8 Å². The summed E-state index contributed by atoms with van der Waals surface area (Å²) in [7, 11) is -16.2. The zero-order valence-corrected chi connectivity index (χ0v) is 15.5. The molecule has 1 aliphatic rings. The summed E-state index contributed by atoms with van der Waals surface area (Å²) in [5, 5.41) is -1.79. The fourth-order valence-electron chi connectivity index (χ4n) is 2.03. The first kappa shape index (κ1) is 19.4. The molecule has 0 spiro atoms. The number of rotatable bonds is 4. The van der Waals surface area contributed by atoms with Crippen LogP contribution in [0.25, 0.3) is 0 Å². The normalized spacial score (nSPS) is 21.3. The predicted molar refractivity (Wildman–Crippen MR) is 85.1 cm³/mol. The minimum Gasteiger partial charge on any atom is -0.241 e. The SMILES string of the molecule is CS(=O)(=O)B1C(S(C)(=O)=O)=CC(S(C)(=O)=O)=CC1S(C)(=O)=O. The van der Waals surface area contributed by atoms with Crippen molar-refractivity contribution in [3.63, 3.8) is 0 Å². The average molecular weight is 390 g/mol. The van der Waals surface area contributed by atoms with Crippen LogP contribution in [0, 0.1) is 0 Å². The van der Waals surface area contributed by atoms with Crippen molar-refractivity contribution >= 4 is 45.2 Å². The zero-order chi connectivity index (χ0) is 17.7. The first-order chi connectivity index (χ1) is 9.45. The van der Waals surface area contributed by atoms with Crippen LogP contribution in [0.1, 0.15) is 0 Å². The van der Waals surface area contributed by atoms with Gasteiger partial charge in [0.15, 0.2) is 19.7 Å². The zero-order valence-electron chi connectivity index (χ0n) is 12.2. The molecule has 0 saturated carbocycles. The van der Waals surface area contributed by atoms with E-state index >= 15 is 0 Å². The van der Waals surface area contributed by atoms with Gasteiger partial charge in [-0.25, -0.2) is 33.7 Å². The molecule has 0 amide bonds. The van der Waals surface area contributed by atoms with E-state index in [-0.39, 0.29) is 0 Å². The molecule has 0 saturated heterocycles. The van der Waals surface area contributed by atoms with Gasteiger partial charge in [-0.2, -0.15) is 0 Å². The summed E-state index contributed by atoms with van der Waals surface area (Å²) in [6.45, 7) is 0. The van der Waals surface area contributed by atoms with E-state index in [1.807, 2.05) is 0 Å². The fraction of sp³-hybridized carbons (Fsp3) is 0.556. The highest BCUT2D eigenvalue weighted by atomic mass is 32.2. The molecule has 8 nitrogen and oxygen atoms in total. The average Bonchev–Trinajstić information content (AvgIpc) is 2.22. The third kappa shape index (κ3) is 4.21. The summed E-state index contributed by atoms with van der Waals surface area (Å²) in [4.78, 5) is -1.28. The molecule has 0 fully saturated rings. The predicted octanol–water partition coefficient (Wildman–Crippen LogP) is -1.62. The van der Waals surface area contributed by atoms with Gasteiger partial charge in [0.1, 0.15) is 19.5 Å². The molecule has 0 N–H and O–H groups in total. The summed E-state index contributed by atoms with van der Waals surface area (Å²) in [6, 6.07) is 0. The van der Waals surface area contributed by atoms with Crippen LogP contribution < -0.4 is 0 Å². The van der Waals surface area contributed by atoms with Crippen molar-refractivity contribution in [2.75, 3.05) is 25.0 Å². The summed E-state index contributed by atoms with van der Waals surface area (Å²) >= 11 is 0. The van der Waals surface area contributed by atoms with Gasteiger partial charge < -0.3 is 0 Å². The molecule has 126 valence electrons. The highest BCUT2D eigenvalue weighted by molar-refractivity contribution is 8.23. The standard InChI is InChI=1S/C9H15BO8S4/c1-19(11,12)7-5-8(20(2,13)14)10(22(4,17)18)9(6-7)21(3,15)16/h5-6,8H,1-4H3. The van der Waals surface area contributed by atoms with Gasteiger partial charge in [-0.3, -0.25) is 0 Å². The fourth-order valence-corrected chi connectivity index (χ4v) is 8.23. The van der Waals surface area contributed by atoms with Gasteiger partial charge in [-0.05, 0) is 6.08 Å². The van der Waals surface area contributed by atoms with Crippen LogP contribution in [-0.4, -0.2) is 69.8 Å². The molecule has 1 rings (SSSR count). The van der Waals surface area contributed by atoms with Gasteiger partial charge >= 0.3 is 5.99 Å². The molecule has 1 unspecified atom stereocenters. The van der Waals surface area contributed by atoms with E-state index in [2.05, 4.69) is 0 Å². The van der Waals surface area contributed by atoms with Crippen molar-refractivity contribution in [3.05, 3.63) is 21.9 Å². The maximum absolute atomic E-state index is 11.9. The number of sulfone groups is 3.